The van der Waals surface area contributed by atoms with E-state index in [1.165, 1.54) is 0 Å². The third-order valence-corrected chi connectivity index (χ3v) is 5.44. The van der Waals surface area contributed by atoms with Gasteiger partial charge in [0, 0.05) is 11.6 Å². The summed E-state index contributed by atoms with van der Waals surface area (Å²) < 4.78 is 10.6. The Morgan fingerprint density at radius 3 is 2.42 bits per heavy atom. The number of nitrogens with one attached hydrogen (secondary N) is 2. The summed E-state index contributed by atoms with van der Waals surface area (Å²) in [6.07, 6.45) is 3.40. The van der Waals surface area contributed by atoms with E-state index in [2.05, 4.69) is 10.6 Å². The molecular formula is C25H36N2O6. The van der Waals surface area contributed by atoms with Gasteiger partial charge in [-0.25, -0.2) is 4.79 Å². The molecule has 2 amide bonds. The number of Topliss-reactive ketones (excluding diaryl/α,β-unsaturated/α-hetero) is 1. The van der Waals surface area contributed by atoms with Crippen LogP contribution in [-0.2, 0) is 19.1 Å². The first kappa shape index (κ1) is 26.4. The summed E-state index contributed by atoms with van der Waals surface area (Å²) in [6.45, 7) is 6.93. The van der Waals surface area contributed by atoms with E-state index in [4.69, 9.17) is 9.47 Å². The lowest BCUT2D eigenvalue weighted by molar-refractivity contribution is -0.148. The van der Waals surface area contributed by atoms with Crippen LogP contribution in [0.3, 0.4) is 0 Å². The molecule has 2 rings (SSSR count). The van der Waals surface area contributed by atoms with Gasteiger partial charge in [-0.15, -0.1) is 0 Å². The summed E-state index contributed by atoms with van der Waals surface area (Å²) in [6, 6.07) is 7.49. The molecule has 1 saturated carbocycles. The van der Waals surface area contributed by atoms with E-state index in [9.17, 15) is 19.2 Å². The minimum absolute atomic E-state index is 0.274. The van der Waals surface area contributed by atoms with E-state index in [1.54, 1.807) is 51.1 Å². The third kappa shape index (κ3) is 8.86. The van der Waals surface area contributed by atoms with Crippen LogP contribution in [0.2, 0.25) is 0 Å². The molecule has 2 N–H and O–H groups in total. The number of amides is 2. The van der Waals surface area contributed by atoms with Crippen molar-refractivity contribution in [2.45, 2.75) is 83.9 Å². The summed E-state index contributed by atoms with van der Waals surface area (Å²) in [5.41, 5.74) is -0.193. The molecule has 0 aliphatic heterocycles. The fourth-order valence-corrected chi connectivity index (χ4v) is 3.78. The molecule has 0 spiro atoms. The molecule has 1 aromatic rings. The number of ether oxygens (including phenoxy) is 2. The lowest BCUT2D eigenvalue weighted by Gasteiger charge is -2.25. The summed E-state index contributed by atoms with van der Waals surface area (Å²) in [5.74, 6) is -1.64. The predicted octanol–water partition coefficient (Wildman–Crippen LogP) is 3.78. The Morgan fingerprint density at radius 2 is 1.79 bits per heavy atom. The zero-order chi connectivity index (χ0) is 24.4. The van der Waals surface area contributed by atoms with Gasteiger partial charge in [0.1, 0.15) is 11.6 Å². The highest BCUT2D eigenvalue weighted by atomic mass is 16.6. The predicted molar refractivity (Wildman–Crippen MR) is 124 cm³/mol. The summed E-state index contributed by atoms with van der Waals surface area (Å²) in [7, 11) is 0. The first-order valence-corrected chi connectivity index (χ1v) is 11.7. The van der Waals surface area contributed by atoms with Crippen LogP contribution in [0.15, 0.2) is 30.3 Å². The molecule has 1 aliphatic carbocycles. The van der Waals surface area contributed by atoms with Crippen molar-refractivity contribution in [1.29, 1.82) is 0 Å². The van der Waals surface area contributed by atoms with Crippen molar-refractivity contribution in [3.05, 3.63) is 35.9 Å². The molecule has 0 saturated heterocycles. The minimum atomic E-state index is -0.753. The van der Waals surface area contributed by atoms with Crippen LogP contribution in [0.25, 0.3) is 0 Å². The summed E-state index contributed by atoms with van der Waals surface area (Å²) in [4.78, 5) is 50.0. The maximum absolute atomic E-state index is 12.9. The Morgan fingerprint density at radius 1 is 1.09 bits per heavy atom. The Balaban J connectivity index is 1.93. The number of unbranched alkanes of at least 4 members (excludes halogenated alkanes) is 1. The second-order valence-electron chi connectivity index (χ2n) is 9.39. The molecule has 8 heteroatoms. The largest absolute Gasteiger partial charge is 0.457 e. The van der Waals surface area contributed by atoms with E-state index >= 15 is 0 Å². The Bertz CT molecular complexity index is 818. The summed E-state index contributed by atoms with van der Waals surface area (Å²) >= 11 is 0. The molecule has 0 bridgehead atoms. The van der Waals surface area contributed by atoms with Crippen molar-refractivity contribution in [2.24, 2.45) is 5.92 Å². The second-order valence-corrected chi connectivity index (χ2v) is 9.39. The van der Waals surface area contributed by atoms with Crippen LogP contribution in [0, 0.1) is 5.92 Å². The molecule has 182 valence electrons. The van der Waals surface area contributed by atoms with Gasteiger partial charge >= 0.3 is 12.1 Å². The van der Waals surface area contributed by atoms with Gasteiger partial charge in [0.05, 0.1) is 5.92 Å². The first-order valence-electron chi connectivity index (χ1n) is 11.7. The number of rotatable bonds is 10. The van der Waals surface area contributed by atoms with Crippen molar-refractivity contribution in [3.8, 4) is 0 Å². The maximum Gasteiger partial charge on any atom is 0.408 e. The fourth-order valence-electron chi connectivity index (χ4n) is 3.78. The normalized spacial score (nSPS) is 18.8. The number of alkyl carbamates (subject to hydrolysis) is 1. The van der Waals surface area contributed by atoms with Crippen molar-refractivity contribution >= 4 is 23.8 Å². The fraction of sp³-hybridized carbons (Fsp3) is 0.600. The highest BCUT2D eigenvalue weighted by molar-refractivity contribution is 5.98. The molecule has 0 heterocycles. The molecule has 0 aromatic heterocycles. The van der Waals surface area contributed by atoms with Crippen LogP contribution >= 0.6 is 0 Å². The average molecular weight is 461 g/mol. The molecular weight excluding hydrogens is 424 g/mol. The van der Waals surface area contributed by atoms with E-state index in [1.807, 2.05) is 6.92 Å². The van der Waals surface area contributed by atoms with E-state index < -0.39 is 35.7 Å². The second kappa shape index (κ2) is 12.4. The minimum Gasteiger partial charge on any atom is -0.457 e. The van der Waals surface area contributed by atoms with Crippen LogP contribution in [0.5, 0.6) is 0 Å². The molecule has 0 radical (unpaired) electrons. The molecule has 1 aliphatic rings. The van der Waals surface area contributed by atoms with E-state index in [0.717, 1.165) is 19.3 Å². The molecule has 8 nitrogen and oxygen atoms in total. The number of carbonyl (C=O) groups excluding carboxylic acids is 4. The maximum atomic E-state index is 12.9. The highest BCUT2D eigenvalue weighted by Gasteiger charge is 2.37. The number of carbonyl (C=O) groups is 4. The SMILES string of the molecule is CCCCC(NC(=O)OC(C)(C)C)C(=O)N[C@H]1CCC[C@H]1C(=O)OCC(=O)c1ccccc1. The smallest absolute Gasteiger partial charge is 0.408 e. The third-order valence-electron chi connectivity index (χ3n) is 5.44. The first-order chi connectivity index (χ1) is 15.6. The van der Waals surface area contributed by atoms with Crippen molar-refractivity contribution < 1.29 is 28.7 Å². The van der Waals surface area contributed by atoms with Gasteiger partial charge in [-0.1, -0.05) is 56.5 Å². The molecule has 1 fully saturated rings. The van der Waals surface area contributed by atoms with Crippen molar-refractivity contribution in [2.75, 3.05) is 6.61 Å². The molecule has 1 aromatic carbocycles. The Labute approximate surface area is 195 Å². The quantitative estimate of drug-likeness (QED) is 0.406. The summed E-state index contributed by atoms with van der Waals surface area (Å²) in [5, 5.41) is 5.56. The number of esters is 1. The van der Waals surface area contributed by atoms with Crippen LogP contribution in [-0.4, -0.2) is 48.0 Å². The van der Waals surface area contributed by atoms with Gasteiger partial charge in [-0.2, -0.15) is 0 Å². The van der Waals surface area contributed by atoms with E-state index in [-0.39, 0.29) is 18.3 Å². The zero-order valence-electron chi connectivity index (χ0n) is 20.0. The Hall–Kier alpha value is -2.90. The van der Waals surface area contributed by atoms with E-state index in [0.29, 0.717) is 24.8 Å². The van der Waals surface area contributed by atoms with Gasteiger partial charge in [0.15, 0.2) is 12.4 Å². The topological polar surface area (TPSA) is 111 Å². The number of benzene rings is 1. The van der Waals surface area contributed by atoms with Crippen molar-refractivity contribution in [3.63, 3.8) is 0 Å². The lowest BCUT2D eigenvalue weighted by atomic mass is 10.0. The standard InChI is InChI=1S/C25H36N2O6/c1-5-6-14-20(27-24(31)33-25(2,3)4)22(29)26-19-15-10-13-18(19)23(30)32-16-21(28)17-11-8-7-9-12-17/h7-9,11-12,18-20H,5-6,10,13-16H2,1-4H3,(H,26,29)(H,27,31)/t18-,19+,20?/m1/s1. The number of hydrogen-bond donors (Lipinski definition) is 2. The molecule has 33 heavy (non-hydrogen) atoms. The van der Waals surface area contributed by atoms with Crippen molar-refractivity contribution in [1.82, 2.24) is 10.6 Å². The van der Waals surface area contributed by atoms with Gasteiger partial charge in [-0.05, 0) is 40.0 Å². The van der Waals surface area contributed by atoms with Gasteiger partial charge in [0.25, 0.3) is 0 Å². The van der Waals surface area contributed by atoms with Gasteiger partial charge < -0.3 is 20.1 Å². The highest BCUT2D eigenvalue weighted by Crippen LogP contribution is 2.27. The monoisotopic (exact) mass is 460 g/mol. The van der Waals surface area contributed by atoms with Gasteiger partial charge in [-0.3, -0.25) is 14.4 Å². The average Bonchev–Trinajstić information content (AvgIpc) is 3.22. The number of ketones is 1. The number of hydrogen-bond acceptors (Lipinski definition) is 6. The van der Waals surface area contributed by atoms with Gasteiger partial charge in [0.2, 0.25) is 5.91 Å². The van der Waals surface area contributed by atoms with Crippen LogP contribution < -0.4 is 10.6 Å². The zero-order valence-corrected chi connectivity index (χ0v) is 20.0. The molecule has 3 atom stereocenters. The Kier molecular flexibility index (Phi) is 9.88. The lowest BCUT2D eigenvalue weighted by Crippen LogP contribution is -2.52. The van der Waals surface area contributed by atoms with Crippen LogP contribution in [0.4, 0.5) is 4.79 Å². The molecule has 1 unspecified atom stereocenters. The van der Waals surface area contributed by atoms with Crippen LogP contribution in [0.1, 0.15) is 76.6 Å².